The van der Waals surface area contributed by atoms with E-state index in [0.29, 0.717) is 13.1 Å². The molecule has 2 aromatic rings. The Balaban J connectivity index is 1.57. The van der Waals surface area contributed by atoms with E-state index >= 15 is 0 Å². The quantitative estimate of drug-likeness (QED) is 0.580. The molecule has 2 aromatic heterocycles. The molecule has 3 heterocycles. The molecule has 0 saturated carbocycles. The zero-order chi connectivity index (χ0) is 19.1. The first-order valence-corrected chi connectivity index (χ1v) is 9.34. The SMILES string of the molecule is CN(CCc1ccccn1)[C@@H]1[C@H](O)[C@H](CO)O[C@@H]1CNCc1ccccn1. The summed E-state index contributed by atoms with van der Waals surface area (Å²) in [6.45, 7) is 1.76. The predicted molar refractivity (Wildman–Crippen MR) is 102 cm³/mol. The fourth-order valence-corrected chi connectivity index (χ4v) is 3.52. The molecule has 1 aliphatic heterocycles. The molecular weight excluding hydrogens is 344 g/mol. The van der Waals surface area contributed by atoms with Crippen LogP contribution in [0.15, 0.2) is 48.8 Å². The summed E-state index contributed by atoms with van der Waals surface area (Å²) in [7, 11) is 1.98. The zero-order valence-corrected chi connectivity index (χ0v) is 15.6. The molecule has 1 fully saturated rings. The van der Waals surface area contributed by atoms with Crippen LogP contribution < -0.4 is 5.32 Å². The molecule has 0 aliphatic carbocycles. The van der Waals surface area contributed by atoms with E-state index < -0.39 is 12.2 Å². The van der Waals surface area contributed by atoms with Crippen molar-refractivity contribution >= 4 is 0 Å². The van der Waals surface area contributed by atoms with Crippen molar-refractivity contribution in [2.75, 3.05) is 26.7 Å². The molecule has 0 aromatic carbocycles. The summed E-state index contributed by atoms with van der Waals surface area (Å²) in [5, 5.41) is 23.5. The maximum atomic E-state index is 10.6. The van der Waals surface area contributed by atoms with Gasteiger partial charge in [0.15, 0.2) is 0 Å². The molecule has 0 bridgehead atoms. The van der Waals surface area contributed by atoms with Crippen molar-refractivity contribution in [2.45, 2.75) is 37.3 Å². The minimum atomic E-state index is -0.731. The van der Waals surface area contributed by atoms with Gasteiger partial charge in [0.25, 0.3) is 0 Å². The minimum Gasteiger partial charge on any atom is -0.394 e. The molecule has 27 heavy (non-hydrogen) atoms. The van der Waals surface area contributed by atoms with Crippen molar-refractivity contribution in [2.24, 2.45) is 0 Å². The molecule has 3 N–H and O–H groups in total. The second-order valence-corrected chi connectivity index (χ2v) is 6.88. The van der Waals surface area contributed by atoms with Crippen LogP contribution in [-0.4, -0.2) is 76.2 Å². The topological polar surface area (TPSA) is 90.7 Å². The third kappa shape index (κ3) is 5.31. The molecular formula is C20H28N4O3. The number of hydrogen-bond donors (Lipinski definition) is 3. The minimum absolute atomic E-state index is 0.192. The average molecular weight is 372 g/mol. The Morgan fingerprint density at radius 3 is 2.41 bits per heavy atom. The lowest BCUT2D eigenvalue weighted by Crippen LogP contribution is -2.49. The lowest BCUT2D eigenvalue weighted by Gasteiger charge is -2.30. The highest BCUT2D eigenvalue weighted by atomic mass is 16.5. The number of rotatable bonds is 9. The number of pyridine rings is 2. The second kappa shape index (κ2) is 9.87. The number of likely N-dealkylation sites (N-methyl/N-ethyl adjacent to an activating group) is 1. The largest absolute Gasteiger partial charge is 0.394 e. The molecule has 7 nitrogen and oxygen atoms in total. The van der Waals surface area contributed by atoms with Crippen LogP contribution in [0, 0.1) is 0 Å². The molecule has 1 aliphatic rings. The summed E-state index contributed by atoms with van der Waals surface area (Å²) in [6, 6.07) is 11.5. The first-order chi connectivity index (χ1) is 13.2. The van der Waals surface area contributed by atoms with Gasteiger partial charge < -0.3 is 20.3 Å². The monoisotopic (exact) mass is 372 g/mol. The Morgan fingerprint density at radius 2 is 1.78 bits per heavy atom. The van der Waals surface area contributed by atoms with E-state index in [-0.39, 0.29) is 18.8 Å². The van der Waals surface area contributed by atoms with E-state index in [1.807, 2.05) is 43.4 Å². The highest BCUT2D eigenvalue weighted by molar-refractivity contribution is 5.05. The Bertz CT molecular complexity index is 673. The van der Waals surface area contributed by atoms with E-state index in [2.05, 4.69) is 20.2 Å². The Kier molecular flexibility index (Phi) is 7.25. The molecule has 7 heteroatoms. The molecule has 0 amide bonds. The average Bonchev–Trinajstić information content (AvgIpc) is 3.03. The molecule has 1 saturated heterocycles. The Labute approximate surface area is 160 Å². The van der Waals surface area contributed by atoms with E-state index in [1.54, 1.807) is 12.4 Å². The van der Waals surface area contributed by atoms with E-state index in [9.17, 15) is 10.2 Å². The molecule has 4 atom stereocenters. The van der Waals surface area contributed by atoms with E-state index in [0.717, 1.165) is 24.4 Å². The van der Waals surface area contributed by atoms with Crippen molar-refractivity contribution in [1.29, 1.82) is 0 Å². The molecule has 3 rings (SSSR count). The molecule has 0 radical (unpaired) electrons. The summed E-state index contributed by atoms with van der Waals surface area (Å²) in [4.78, 5) is 10.7. The van der Waals surface area contributed by atoms with Gasteiger partial charge in [-0.15, -0.1) is 0 Å². The van der Waals surface area contributed by atoms with Crippen LogP contribution in [0.5, 0.6) is 0 Å². The lowest BCUT2D eigenvalue weighted by molar-refractivity contribution is -0.0213. The van der Waals surface area contributed by atoms with Gasteiger partial charge >= 0.3 is 0 Å². The fraction of sp³-hybridized carbons (Fsp3) is 0.500. The van der Waals surface area contributed by atoms with Gasteiger partial charge in [0.1, 0.15) is 12.2 Å². The van der Waals surface area contributed by atoms with Crippen molar-refractivity contribution in [3.8, 4) is 0 Å². The van der Waals surface area contributed by atoms with Crippen LogP contribution in [0.25, 0.3) is 0 Å². The number of nitrogens with zero attached hydrogens (tertiary/aromatic N) is 3. The van der Waals surface area contributed by atoms with E-state index in [4.69, 9.17) is 4.74 Å². The van der Waals surface area contributed by atoms with Crippen LogP contribution in [-0.2, 0) is 17.7 Å². The molecule has 0 unspecified atom stereocenters. The van der Waals surface area contributed by atoms with Crippen LogP contribution in [0.4, 0.5) is 0 Å². The van der Waals surface area contributed by atoms with Crippen molar-refractivity contribution in [3.63, 3.8) is 0 Å². The van der Waals surface area contributed by atoms with Crippen LogP contribution in [0.3, 0.4) is 0 Å². The number of aliphatic hydroxyl groups excluding tert-OH is 2. The van der Waals surface area contributed by atoms with Gasteiger partial charge in [-0.3, -0.25) is 14.9 Å². The number of ether oxygens (including phenoxy) is 1. The Morgan fingerprint density at radius 1 is 1.07 bits per heavy atom. The van der Waals surface area contributed by atoms with Gasteiger partial charge in [0.2, 0.25) is 0 Å². The summed E-state index contributed by atoms with van der Waals surface area (Å²) in [5.41, 5.74) is 1.97. The molecule has 0 spiro atoms. The van der Waals surface area contributed by atoms with Crippen molar-refractivity contribution in [3.05, 3.63) is 60.2 Å². The first kappa shape index (κ1) is 19.9. The standard InChI is InChI=1S/C20H28N4O3/c1-24(11-8-15-6-2-4-9-22-15)19-17(27-18(14-25)20(19)26)13-21-12-16-7-3-5-10-23-16/h2-7,9-10,17-21,25-26H,8,11-14H2,1H3/t17-,18+,19+,20-/m1/s1. The maximum Gasteiger partial charge on any atom is 0.109 e. The van der Waals surface area contributed by atoms with Gasteiger partial charge in [0, 0.05) is 44.1 Å². The maximum absolute atomic E-state index is 10.6. The van der Waals surface area contributed by atoms with Crippen LogP contribution >= 0.6 is 0 Å². The number of nitrogens with one attached hydrogen (secondary N) is 1. The lowest BCUT2D eigenvalue weighted by atomic mass is 10.0. The molecule has 146 valence electrons. The van der Waals surface area contributed by atoms with Gasteiger partial charge in [-0.2, -0.15) is 0 Å². The highest BCUT2D eigenvalue weighted by Gasteiger charge is 2.44. The van der Waals surface area contributed by atoms with Crippen LogP contribution in [0.1, 0.15) is 11.4 Å². The normalized spacial score (nSPS) is 25.2. The number of aromatic nitrogens is 2. The summed E-state index contributed by atoms with van der Waals surface area (Å²) < 4.78 is 5.91. The first-order valence-electron chi connectivity index (χ1n) is 9.34. The number of aliphatic hydroxyl groups is 2. The summed E-state index contributed by atoms with van der Waals surface area (Å²) in [5.74, 6) is 0. The van der Waals surface area contributed by atoms with Gasteiger partial charge in [-0.1, -0.05) is 12.1 Å². The van der Waals surface area contributed by atoms with Crippen LogP contribution in [0.2, 0.25) is 0 Å². The predicted octanol–water partition coefficient (Wildman–Crippen LogP) is 0.230. The van der Waals surface area contributed by atoms with Crippen molar-refractivity contribution in [1.82, 2.24) is 20.2 Å². The number of hydrogen-bond acceptors (Lipinski definition) is 7. The van der Waals surface area contributed by atoms with Gasteiger partial charge in [0.05, 0.1) is 24.4 Å². The smallest absolute Gasteiger partial charge is 0.109 e. The third-order valence-electron chi connectivity index (χ3n) is 4.97. The van der Waals surface area contributed by atoms with Crippen molar-refractivity contribution < 1.29 is 14.9 Å². The summed E-state index contributed by atoms with van der Waals surface area (Å²) in [6.07, 6.45) is 2.84. The zero-order valence-electron chi connectivity index (χ0n) is 15.6. The van der Waals surface area contributed by atoms with Gasteiger partial charge in [-0.05, 0) is 31.3 Å². The van der Waals surface area contributed by atoms with E-state index in [1.165, 1.54) is 0 Å². The Hall–Kier alpha value is -1.90. The fourth-order valence-electron chi connectivity index (χ4n) is 3.52. The third-order valence-corrected chi connectivity index (χ3v) is 4.97. The second-order valence-electron chi connectivity index (χ2n) is 6.88. The van der Waals surface area contributed by atoms with Gasteiger partial charge in [-0.25, -0.2) is 0 Å². The summed E-state index contributed by atoms with van der Waals surface area (Å²) >= 11 is 0. The highest BCUT2D eigenvalue weighted by Crippen LogP contribution is 2.25.